The van der Waals surface area contributed by atoms with Crippen molar-refractivity contribution in [2.24, 2.45) is 0 Å². The SMILES string of the molecule is CCOC(=O)CC(O)C(O)c1ccnc(N)c1. The Morgan fingerprint density at radius 1 is 1.59 bits per heavy atom. The topological polar surface area (TPSA) is 106 Å². The van der Waals surface area contributed by atoms with Gasteiger partial charge in [0.05, 0.1) is 19.1 Å². The molecule has 1 heterocycles. The molecule has 6 nitrogen and oxygen atoms in total. The molecule has 0 bridgehead atoms. The number of pyridine rings is 1. The largest absolute Gasteiger partial charge is 0.466 e. The molecule has 0 saturated heterocycles. The molecule has 0 aliphatic carbocycles. The van der Waals surface area contributed by atoms with Crippen molar-refractivity contribution in [2.75, 3.05) is 12.3 Å². The smallest absolute Gasteiger partial charge is 0.308 e. The highest BCUT2D eigenvalue weighted by Gasteiger charge is 2.22. The van der Waals surface area contributed by atoms with Gasteiger partial charge in [-0.2, -0.15) is 0 Å². The van der Waals surface area contributed by atoms with E-state index in [0.29, 0.717) is 5.56 Å². The van der Waals surface area contributed by atoms with Gasteiger partial charge in [0, 0.05) is 6.20 Å². The van der Waals surface area contributed by atoms with E-state index in [9.17, 15) is 15.0 Å². The number of anilines is 1. The van der Waals surface area contributed by atoms with E-state index in [0.717, 1.165) is 0 Å². The number of nitrogen functional groups attached to an aromatic ring is 1. The van der Waals surface area contributed by atoms with Gasteiger partial charge in [0.2, 0.25) is 0 Å². The Morgan fingerprint density at radius 2 is 2.29 bits per heavy atom. The fourth-order valence-electron chi connectivity index (χ4n) is 1.37. The summed E-state index contributed by atoms with van der Waals surface area (Å²) in [6, 6.07) is 2.97. The second kappa shape index (κ2) is 6.17. The molecule has 0 radical (unpaired) electrons. The number of aromatic nitrogens is 1. The van der Waals surface area contributed by atoms with Crippen LogP contribution in [0.1, 0.15) is 25.0 Å². The third-order valence-corrected chi connectivity index (χ3v) is 2.19. The number of aliphatic hydroxyl groups is 2. The summed E-state index contributed by atoms with van der Waals surface area (Å²) in [4.78, 5) is 14.9. The molecule has 6 heteroatoms. The van der Waals surface area contributed by atoms with Crippen molar-refractivity contribution in [2.45, 2.75) is 25.6 Å². The summed E-state index contributed by atoms with van der Waals surface area (Å²) in [7, 11) is 0. The van der Waals surface area contributed by atoms with Crippen molar-refractivity contribution in [3.8, 4) is 0 Å². The monoisotopic (exact) mass is 240 g/mol. The summed E-state index contributed by atoms with van der Waals surface area (Å²) in [5.41, 5.74) is 5.86. The highest BCUT2D eigenvalue weighted by atomic mass is 16.5. The molecule has 2 unspecified atom stereocenters. The highest BCUT2D eigenvalue weighted by molar-refractivity contribution is 5.70. The van der Waals surface area contributed by atoms with E-state index in [-0.39, 0.29) is 18.8 Å². The lowest BCUT2D eigenvalue weighted by Crippen LogP contribution is -2.23. The number of esters is 1. The van der Waals surface area contributed by atoms with Gasteiger partial charge in [0.25, 0.3) is 0 Å². The average molecular weight is 240 g/mol. The molecule has 0 amide bonds. The zero-order valence-corrected chi connectivity index (χ0v) is 9.54. The predicted molar refractivity (Wildman–Crippen MR) is 60.9 cm³/mol. The molecular formula is C11H16N2O4. The number of carbonyl (C=O) groups is 1. The summed E-state index contributed by atoms with van der Waals surface area (Å²) in [5, 5.41) is 19.4. The Bertz CT molecular complexity index is 383. The number of nitrogens with two attached hydrogens (primary N) is 1. The molecule has 0 spiro atoms. The van der Waals surface area contributed by atoms with Gasteiger partial charge in [0.15, 0.2) is 0 Å². The van der Waals surface area contributed by atoms with Crippen molar-refractivity contribution < 1.29 is 19.7 Å². The predicted octanol–water partition coefficient (Wildman–Crippen LogP) is 0.0113. The zero-order chi connectivity index (χ0) is 12.8. The Morgan fingerprint density at radius 3 is 2.88 bits per heavy atom. The first-order chi connectivity index (χ1) is 8.04. The molecule has 0 saturated carbocycles. The van der Waals surface area contributed by atoms with Crippen molar-refractivity contribution in [3.63, 3.8) is 0 Å². The van der Waals surface area contributed by atoms with E-state index in [2.05, 4.69) is 9.72 Å². The average Bonchev–Trinajstić information content (AvgIpc) is 2.28. The number of ether oxygens (including phenoxy) is 1. The summed E-state index contributed by atoms with van der Waals surface area (Å²) < 4.78 is 4.68. The summed E-state index contributed by atoms with van der Waals surface area (Å²) in [6.07, 6.45) is -1.26. The first-order valence-corrected chi connectivity index (χ1v) is 5.27. The van der Waals surface area contributed by atoms with E-state index in [1.165, 1.54) is 18.3 Å². The van der Waals surface area contributed by atoms with Gasteiger partial charge >= 0.3 is 5.97 Å². The van der Waals surface area contributed by atoms with Gasteiger partial charge in [0.1, 0.15) is 11.9 Å². The maximum atomic E-state index is 11.1. The van der Waals surface area contributed by atoms with Crippen LogP contribution in [0.25, 0.3) is 0 Å². The summed E-state index contributed by atoms with van der Waals surface area (Å²) >= 11 is 0. The fraction of sp³-hybridized carbons (Fsp3) is 0.455. The van der Waals surface area contributed by atoms with Crippen LogP contribution in [0.5, 0.6) is 0 Å². The molecule has 0 aliphatic heterocycles. The first-order valence-electron chi connectivity index (χ1n) is 5.27. The molecule has 1 aromatic heterocycles. The van der Waals surface area contributed by atoms with Gasteiger partial charge in [-0.1, -0.05) is 0 Å². The van der Waals surface area contributed by atoms with E-state index < -0.39 is 18.2 Å². The van der Waals surface area contributed by atoms with Crippen molar-refractivity contribution in [1.82, 2.24) is 4.98 Å². The highest BCUT2D eigenvalue weighted by Crippen LogP contribution is 2.20. The van der Waals surface area contributed by atoms with Crippen LogP contribution in [0.15, 0.2) is 18.3 Å². The second-order valence-electron chi connectivity index (χ2n) is 3.54. The minimum absolute atomic E-state index is 0.240. The van der Waals surface area contributed by atoms with E-state index in [1.807, 2.05) is 0 Å². The van der Waals surface area contributed by atoms with Crippen molar-refractivity contribution in [1.29, 1.82) is 0 Å². The number of rotatable bonds is 5. The van der Waals surface area contributed by atoms with Gasteiger partial charge in [-0.3, -0.25) is 4.79 Å². The Balaban J connectivity index is 2.63. The number of nitrogens with zero attached hydrogens (tertiary/aromatic N) is 1. The molecule has 0 fully saturated rings. The van der Waals surface area contributed by atoms with Gasteiger partial charge in [-0.15, -0.1) is 0 Å². The lowest BCUT2D eigenvalue weighted by molar-refractivity contribution is -0.147. The lowest BCUT2D eigenvalue weighted by Gasteiger charge is -2.17. The molecular weight excluding hydrogens is 224 g/mol. The van der Waals surface area contributed by atoms with Crippen molar-refractivity contribution >= 4 is 11.8 Å². The zero-order valence-electron chi connectivity index (χ0n) is 9.54. The Labute approximate surface area is 99.0 Å². The van der Waals surface area contributed by atoms with Crippen LogP contribution in [0.3, 0.4) is 0 Å². The van der Waals surface area contributed by atoms with Crippen LogP contribution in [-0.2, 0) is 9.53 Å². The molecule has 0 aromatic carbocycles. The van der Waals surface area contributed by atoms with E-state index in [1.54, 1.807) is 6.92 Å². The second-order valence-corrected chi connectivity index (χ2v) is 3.54. The maximum Gasteiger partial charge on any atom is 0.308 e. The molecule has 2 atom stereocenters. The Hall–Kier alpha value is -1.66. The summed E-state index contributed by atoms with van der Waals surface area (Å²) in [5.74, 6) is -0.314. The lowest BCUT2D eigenvalue weighted by atomic mass is 10.0. The standard InChI is InChI=1S/C11H16N2O4/c1-2-17-10(15)6-8(14)11(16)7-3-4-13-9(12)5-7/h3-5,8,11,14,16H,2,6H2,1H3,(H2,12,13). The molecule has 94 valence electrons. The van der Waals surface area contributed by atoms with Crippen LogP contribution in [0.4, 0.5) is 5.82 Å². The molecule has 4 N–H and O–H groups in total. The van der Waals surface area contributed by atoms with Gasteiger partial charge in [-0.25, -0.2) is 4.98 Å². The van der Waals surface area contributed by atoms with Crippen LogP contribution >= 0.6 is 0 Å². The van der Waals surface area contributed by atoms with Crippen molar-refractivity contribution in [3.05, 3.63) is 23.9 Å². The van der Waals surface area contributed by atoms with Crippen LogP contribution in [0, 0.1) is 0 Å². The normalized spacial score (nSPS) is 14.1. The Kier molecular flexibility index (Phi) is 4.86. The minimum Gasteiger partial charge on any atom is -0.466 e. The van der Waals surface area contributed by atoms with E-state index in [4.69, 9.17) is 5.73 Å². The van der Waals surface area contributed by atoms with Crippen LogP contribution in [0.2, 0.25) is 0 Å². The quantitative estimate of drug-likeness (QED) is 0.626. The van der Waals surface area contributed by atoms with E-state index >= 15 is 0 Å². The minimum atomic E-state index is -1.23. The molecule has 17 heavy (non-hydrogen) atoms. The third-order valence-electron chi connectivity index (χ3n) is 2.19. The first kappa shape index (κ1) is 13.4. The number of aliphatic hydroxyl groups excluding tert-OH is 2. The number of hydrogen-bond acceptors (Lipinski definition) is 6. The molecule has 1 aromatic rings. The van der Waals surface area contributed by atoms with Crippen LogP contribution < -0.4 is 5.73 Å². The summed E-state index contributed by atoms with van der Waals surface area (Å²) in [6.45, 7) is 1.91. The van der Waals surface area contributed by atoms with Crippen LogP contribution in [-0.4, -0.2) is 33.9 Å². The third kappa shape index (κ3) is 4.01. The van der Waals surface area contributed by atoms with Gasteiger partial charge < -0.3 is 20.7 Å². The molecule has 1 rings (SSSR count). The number of hydrogen-bond donors (Lipinski definition) is 3. The van der Waals surface area contributed by atoms with Gasteiger partial charge in [-0.05, 0) is 24.6 Å². The molecule has 0 aliphatic rings. The maximum absolute atomic E-state index is 11.1. The number of carbonyl (C=O) groups excluding carboxylic acids is 1. The fourth-order valence-corrected chi connectivity index (χ4v) is 1.37.